The zero-order valence-corrected chi connectivity index (χ0v) is 11.9. The van der Waals surface area contributed by atoms with Crippen molar-refractivity contribution in [2.75, 3.05) is 25.9 Å². The standard InChI is InChI=1S/C12H20N4OS/c1-8-5-16(6-9(2)15(8)3)11(17)4-10-7-18-12(13)14-10/h7-9H,4-6H2,1-3H3,(H2,13,14). The van der Waals surface area contributed by atoms with Gasteiger partial charge in [0.25, 0.3) is 0 Å². The molecular weight excluding hydrogens is 248 g/mol. The number of hydrogen-bond donors (Lipinski definition) is 1. The second kappa shape index (κ2) is 5.24. The molecule has 2 atom stereocenters. The summed E-state index contributed by atoms with van der Waals surface area (Å²) in [4.78, 5) is 20.6. The van der Waals surface area contributed by atoms with Crippen LogP contribution in [0.25, 0.3) is 0 Å². The molecule has 2 heterocycles. The summed E-state index contributed by atoms with van der Waals surface area (Å²) in [5, 5.41) is 2.38. The molecule has 2 rings (SSSR count). The average molecular weight is 268 g/mol. The Hall–Kier alpha value is -1.14. The smallest absolute Gasteiger partial charge is 0.228 e. The summed E-state index contributed by atoms with van der Waals surface area (Å²) in [5.74, 6) is 0.145. The normalized spacial score (nSPS) is 25.4. The van der Waals surface area contributed by atoms with Crippen LogP contribution in [0, 0.1) is 0 Å². The van der Waals surface area contributed by atoms with E-state index in [0.29, 0.717) is 23.6 Å². The van der Waals surface area contributed by atoms with Crippen molar-refractivity contribution in [2.45, 2.75) is 32.4 Å². The van der Waals surface area contributed by atoms with Gasteiger partial charge in [0.2, 0.25) is 5.91 Å². The Labute approximate surface area is 112 Å². The van der Waals surface area contributed by atoms with E-state index in [0.717, 1.165) is 18.8 Å². The van der Waals surface area contributed by atoms with Crippen LogP contribution in [0.2, 0.25) is 0 Å². The molecule has 0 aromatic carbocycles. The molecule has 0 aliphatic carbocycles. The van der Waals surface area contributed by atoms with E-state index in [1.807, 2.05) is 10.3 Å². The van der Waals surface area contributed by atoms with Gasteiger partial charge in [0.15, 0.2) is 5.13 Å². The van der Waals surface area contributed by atoms with Gasteiger partial charge in [0, 0.05) is 30.6 Å². The first-order valence-corrected chi connectivity index (χ1v) is 7.05. The van der Waals surface area contributed by atoms with E-state index >= 15 is 0 Å². The van der Waals surface area contributed by atoms with Gasteiger partial charge in [-0.2, -0.15) is 0 Å². The number of likely N-dealkylation sites (N-methyl/N-ethyl adjacent to an activating group) is 1. The molecule has 2 unspecified atom stereocenters. The van der Waals surface area contributed by atoms with Crippen molar-refractivity contribution in [1.29, 1.82) is 0 Å². The lowest BCUT2D eigenvalue weighted by atomic mass is 10.1. The second-order valence-electron chi connectivity index (χ2n) is 5.02. The molecule has 1 aliphatic heterocycles. The number of nitrogens with zero attached hydrogens (tertiary/aromatic N) is 3. The van der Waals surface area contributed by atoms with Gasteiger partial charge in [0.05, 0.1) is 12.1 Å². The molecule has 0 radical (unpaired) electrons. The number of amides is 1. The molecule has 0 saturated carbocycles. The Morgan fingerprint density at radius 1 is 1.50 bits per heavy atom. The predicted molar refractivity (Wildman–Crippen MR) is 73.5 cm³/mol. The van der Waals surface area contributed by atoms with E-state index in [9.17, 15) is 4.79 Å². The second-order valence-corrected chi connectivity index (χ2v) is 5.91. The third-order valence-electron chi connectivity index (χ3n) is 3.61. The molecule has 5 nitrogen and oxygen atoms in total. The quantitative estimate of drug-likeness (QED) is 0.862. The first-order chi connectivity index (χ1) is 8.47. The Morgan fingerprint density at radius 2 is 2.11 bits per heavy atom. The zero-order valence-electron chi connectivity index (χ0n) is 11.1. The SMILES string of the molecule is CC1CN(C(=O)Cc2csc(N)n2)CC(C)N1C. The molecule has 1 saturated heterocycles. The topological polar surface area (TPSA) is 62.5 Å². The maximum Gasteiger partial charge on any atom is 0.228 e. The van der Waals surface area contributed by atoms with Gasteiger partial charge in [-0.05, 0) is 20.9 Å². The molecule has 100 valence electrons. The summed E-state index contributed by atoms with van der Waals surface area (Å²) in [6.45, 7) is 5.88. The number of aromatic nitrogens is 1. The molecule has 1 aromatic rings. The first kappa shape index (κ1) is 13.3. The third kappa shape index (κ3) is 2.81. The summed E-state index contributed by atoms with van der Waals surface area (Å²) < 4.78 is 0. The fourth-order valence-corrected chi connectivity index (χ4v) is 2.84. The summed E-state index contributed by atoms with van der Waals surface area (Å²) in [7, 11) is 2.11. The lowest BCUT2D eigenvalue weighted by Crippen LogP contribution is -2.56. The van der Waals surface area contributed by atoms with Crippen LogP contribution in [0.4, 0.5) is 5.13 Å². The zero-order chi connectivity index (χ0) is 13.3. The van der Waals surface area contributed by atoms with Crippen LogP contribution in [0.3, 0.4) is 0 Å². The molecule has 0 bridgehead atoms. The van der Waals surface area contributed by atoms with Crippen molar-refractivity contribution < 1.29 is 4.79 Å². The van der Waals surface area contributed by atoms with Crippen LogP contribution in [-0.2, 0) is 11.2 Å². The van der Waals surface area contributed by atoms with Crippen molar-refractivity contribution >= 4 is 22.4 Å². The molecule has 18 heavy (non-hydrogen) atoms. The van der Waals surface area contributed by atoms with E-state index in [-0.39, 0.29) is 5.91 Å². The maximum absolute atomic E-state index is 12.2. The van der Waals surface area contributed by atoms with Gasteiger partial charge in [0.1, 0.15) is 0 Å². The summed E-state index contributed by atoms with van der Waals surface area (Å²) >= 11 is 1.38. The monoisotopic (exact) mass is 268 g/mol. The highest BCUT2D eigenvalue weighted by Gasteiger charge is 2.29. The Balaban J connectivity index is 1.97. The summed E-state index contributed by atoms with van der Waals surface area (Å²) in [5.41, 5.74) is 6.35. The summed E-state index contributed by atoms with van der Waals surface area (Å²) in [6.07, 6.45) is 0.358. The number of nitrogens with two attached hydrogens (primary N) is 1. The van der Waals surface area contributed by atoms with Gasteiger partial charge in [-0.15, -0.1) is 11.3 Å². The van der Waals surface area contributed by atoms with Crippen LogP contribution < -0.4 is 5.73 Å². The molecule has 1 aromatic heterocycles. The van der Waals surface area contributed by atoms with Crippen LogP contribution in [0.5, 0.6) is 0 Å². The van der Waals surface area contributed by atoms with Crippen molar-refractivity contribution in [3.05, 3.63) is 11.1 Å². The van der Waals surface area contributed by atoms with Crippen molar-refractivity contribution in [2.24, 2.45) is 0 Å². The number of rotatable bonds is 2. The van der Waals surface area contributed by atoms with E-state index in [1.54, 1.807) is 0 Å². The largest absolute Gasteiger partial charge is 0.375 e. The lowest BCUT2D eigenvalue weighted by molar-refractivity contribution is -0.134. The lowest BCUT2D eigenvalue weighted by Gasteiger charge is -2.42. The molecular formula is C12H20N4OS. The molecule has 0 spiro atoms. The number of thiazole rings is 1. The minimum Gasteiger partial charge on any atom is -0.375 e. The number of nitrogen functional groups attached to an aromatic ring is 1. The molecule has 1 aliphatic rings. The fourth-order valence-electron chi connectivity index (χ4n) is 2.28. The van der Waals surface area contributed by atoms with Crippen molar-refractivity contribution in [3.63, 3.8) is 0 Å². The number of carbonyl (C=O) groups excluding carboxylic acids is 1. The summed E-state index contributed by atoms with van der Waals surface area (Å²) in [6, 6.07) is 0.802. The average Bonchev–Trinajstić information content (AvgIpc) is 2.71. The number of piperazine rings is 1. The van der Waals surface area contributed by atoms with Gasteiger partial charge in [-0.1, -0.05) is 0 Å². The van der Waals surface area contributed by atoms with Crippen molar-refractivity contribution in [1.82, 2.24) is 14.8 Å². The van der Waals surface area contributed by atoms with Crippen molar-refractivity contribution in [3.8, 4) is 0 Å². The highest BCUT2D eigenvalue weighted by atomic mass is 32.1. The van der Waals surface area contributed by atoms with E-state index < -0.39 is 0 Å². The number of hydrogen-bond acceptors (Lipinski definition) is 5. The maximum atomic E-state index is 12.2. The van der Waals surface area contributed by atoms with Crippen LogP contribution in [0.1, 0.15) is 19.5 Å². The Bertz CT molecular complexity index is 421. The fraction of sp³-hybridized carbons (Fsp3) is 0.667. The molecule has 6 heteroatoms. The predicted octanol–water partition coefficient (Wildman–Crippen LogP) is 0.819. The van der Waals surface area contributed by atoms with Crippen LogP contribution in [-0.4, -0.2) is 52.9 Å². The number of anilines is 1. The Kier molecular flexibility index (Phi) is 3.87. The van der Waals surface area contributed by atoms with Gasteiger partial charge in [-0.3, -0.25) is 9.69 Å². The molecule has 1 fully saturated rings. The van der Waals surface area contributed by atoms with Gasteiger partial charge in [-0.25, -0.2) is 4.98 Å². The molecule has 2 N–H and O–H groups in total. The van der Waals surface area contributed by atoms with Crippen LogP contribution >= 0.6 is 11.3 Å². The minimum absolute atomic E-state index is 0.145. The third-order valence-corrected chi connectivity index (χ3v) is 4.34. The highest BCUT2D eigenvalue weighted by Crippen LogP contribution is 2.16. The van der Waals surface area contributed by atoms with Gasteiger partial charge < -0.3 is 10.6 Å². The number of carbonyl (C=O) groups is 1. The minimum atomic E-state index is 0.145. The van der Waals surface area contributed by atoms with E-state index in [2.05, 4.69) is 30.8 Å². The van der Waals surface area contributed by atoms with Crippen LogP contribution in [0.15, 0.2) is 5.38 Å². The highest BCUT2D eigenvalue weighted by molar-refractivity contribution is 7.13. The molecule has 1 amide bonds. The first-order valence-electron chi connectivity index (χ1n) is 6.17. The Morgan fingerprint density at radius 3 is 2.61 bits per heavy atom. The van der Waals surface area contributed by atoms with E-state index in [1.165, 1.54) is 11.3 Å². The van der Waals surface area contributed by atoms with Gasteiger partial charge >= 0.3 is 0 Å². The van der Waals surface area contributed by atoms with E-state index in [4.69, 9.17) is 5.73 Å².